The second-order valence-corrected chi connectivity index (χ2v) is 33.7. The highest BCUT2D eigenvalue weighted by Crippen LogP contribution is 2.38. The number of likely N-dealkylation sites (tertiary alicyclic amines) is 2. The summed E-state index contributed by atoms with van der Waals surface area (Å²) in [7, 11) is 3.20. The Hall–Kier alpha value is -14.1. The zero-order valence-electron chi connectivity index (χ0n) is 75.1. The Morgan fingerprint density at radius 1 is 0.415 bits per heavy atom. The summed E-state index contributed by atoms with van der Waals surface area (Å²) in [5.41, 5.74) is 33.2. The van der Waals surface area contributed by atoms with Gasteiger partial charge >= 0.3 is 0 Å². The van der Waals surface area contributed by atoms with E-state index in [4.69, 9.17) is 44.0 Å². The van der Waals surface area contributed by atoms with Crippen molar-refractivity contribution in [3.63, 3.8) is 0 Å². The van der Waals surface area contributed by atoms with E-state index in [9.17, 15) is 52.9 Å². The van der Waals surface area contributed by atoms with Gasteiger partial charge in [-0.15, -0.1) is 0 Å². The summed E-state index contributed by atoms with van der Waals surface area (Å²) < 4.78 is 70.9. The van der Waals surface area contributed by atoms with Crippen LogP contribution in [0, 0.1) is 23.3 Å². The number of aromatic nitrogens is 8. The second-order valence-electron chi connectivity index (χ2n) is 33.3. The Bertz CT molecular complexity index is 6160. The molecule has 16 rings (SSSR count). The van der Waals surface area contributed by atoms with E-state index < -0.39 is 59.1 Å². The molecule has 12 aromatic rings. The van der Waals surface area contributed by atoms with Crippen LogP contribution in [0.4, 0.5) is 40.8 Å². The number of nitrogens with zero attached hydrogens (tertiary/aromatic N) is 12. The summed E-state index contributed by atoms with van der Waals surface area (Å²) in [6.45, 7) is 7.84. The van der Waals surface area contributed by atoms with Crippen molar-refractivity contribution in [1.82, 2.24) is 70.1 Å². The summed E-state index contributed by atoms with van der Waals surface area (Å²) in [4.78, 5) is 117. The van der Waals surface area contributed by atoms with Crippen LogP contribution in [0.1, 0.15) is 193 Å². The third-order valence-corrected chi connectivity index (χ3v) is 24.6. The smallest absolute Gasteiger partial charge is 0.257 e. The number of hydrogen-bond acceptors (Lipinski definition) is 23. The lowest BCUT2D eigenvalue weighted by atomic mass is 9.93. The van der Waals surface area contributed by atoms with Gasteiger partial charge in [-0.3, -0.25) is 28.8 Å². The van der Waals surface area contributed by atoms with Gasteiger partial charge in [0.05, 0.1) is 108 Å². The summed E-state index contributed by atoms with van der Waals surface area (Å²) in [6, 6.07) is 49.5. The second kappa shape index (κ2) is 46.5. The van der Waals surface area contributed by atoms with Crippen molar-refractivity contribution in [1.29, 1.82) is 0 Å². The van der Waals surface area contributed by atoms with E-state index in [0.29, 0.717) is 115 Å². The van der Waals surface area contributed by atoms with Gasteiger partial charge in [0.15, 0.2) is 0 Å². The molecular weight excluding hydrogens is 1750 g/mol. The molecule has 4 saturated heterocycles. The minimum atomic E-state index is -0.755. The average Bonchev–Trinajstić information content (AvgIpc) is 0.803. The lowest BCUT2D eigenvalue weighted by Gasteiger charge is -2.31. The fourth-order valence-electron chi connectivity index (χ4n) is 16.6. The number of nitrogen functional groups attached to an aromatic ring is 4. The third-order valence-electron chi connectivity index (χ3n) is 24.4. The molecule has 0 spiro atoms. The molecule has 29 nitrogen and oxygen atoms in total. The number of amides is 6. The molecule has 13 N–H and O–H groups in total. The quantitative estimate of drug-likeness (QED) is 0.0269. The third kappa shape index (κ3) is 25.1. The Morgan fingerprint density at radius 3 is 1.08 bits per heavy atom. The topological polar surface area (TPSA) is 426 Å². The summed E-state index contributed by atoms with van der Waals surface area (Å²) in [5.74, 6) is -3.45. The van der Waals surface area contributed by atoms with Crippen LogP contribution in [0.5, 0.6) is 0 Å². The van der Waals surface area contributed by atoms with E-state index in [1.165, 1.54) is 58.3 Å². The van der Waals surface area contributed by atoms with Gasteiger partial charge in [0.1, 0.15) is 69.3 Å². The number of carbonyl (C=O) groups is 6. The lowest BCUT2D eigenvalue weighted by molar-refractivity contribution is -0.130. The highest BCUT2D eigenvalue weighted by Gasteiger charge is 2.32. The fourth-order valence-corrected chi connectivity index (χ4v) is 16.8. The van der Waals surface area contributed by atoms with E-state index in [2.05, 4.69) is 50.5 Å². The number of nitrogens with two attached hydrogens (primary N) is 4. The van der Waals surface area contributed by atoms with Gasteiger partial charge in [0.25, 0.3) is 23.6 Å². The monoisotopic (exact) mass is 1860 g/mol. The van der Waals surface area contributed by atoms with Crippen molar-refractivity contribution in [2.24, 2.45) is 0 Å². The molecule has 4 aliphatic heterocycles. The minimum absolute atomic E-state index is 0.00861. The van der Waals surface area contributed by atoms with Crippen LogP contribution in [-0.4, -0.2) is 197 Å². The molecule has 4 aliphatic rings. The van der Waals surface area contributed by atoms with Crippen LogP contribution in [0.3, 0.4) is 0 Å². The van der Waals surface area contributed by atoms with Crippen LogP contribution in [0.15, 0.2) is 213 Å². The number of aliphatic hydroxyl groups is 3. The molecule has 3 atom stereocenters. The number of likely N-dealkylation sites (N-methyl/N-ethyl adjacent to an activating group) is 1. The van der Waals surface area contributed by atoms with Gasteiger partial charge < -0.3 is 78.0 Å². The maximum atomic E-state index is 15.1. The number of halogens is 5. The number of anilines is 4. The van der Waals surface area contributed by atoms with Gasteiger partial charge in [0, 0.05) is 138 Å². The Kier molecular flexibility index (Phi) is 33.9. The number of ether oxygens (including phenoxy) is 2. The first-order valence-corrected chi connectivity index (χ1v) is 44.8. The van der Waals surface area contributed by atoms with Gasteiger partial charge in [-0.05, 0) is 134 Å². The molecule has 135 heavy (non-hydrogen) atoms. The van der Waals surface area contributed by atoms with Crippen molar-refractivity contribution >= 4 is 70.3 Å². The molecule has 0 unspecified atom stereocenters. The molecule has 4 fully saturated rings. The first-order chi connectivity index (χ1) is 65.1. The molecule has 702 valence electrons. The number of benzene rings is 8. The average molecular weight is 1860 g/mol. The Balaban J connectivity index is 0.000000153. The SMILES string of the molecule is CC(=O)N1CCC(c2cnc(N)c(-c3ccc(C(=O)N[C@H](CO)c4cccc(Cl)c4)c(F)c3)n2)CC1.CC(=O)N1CCC(c2cnc(N)c(-c3ccc(C(=O)N[C@H](CO)c4ccccc4)c(F)c3)n2)CC1.CN(C(=O)c1ccc(-c2nc(C3CCOCC3)cnc2N)cc1F)[C@H](CO)c1ccccc1.CN(Cc1ccccc1)C(=O)c1ccc(-c2nc(C3CCOCC3)cnc2N)cc1F. The largest absolute Gasteiger partial charge is 0.394 e. The molecule has 4 aromatic heterocycles. The van der Waals surface area contributed by atoms with Crippen molar-refractivity contribution in [2.45, 2.75) is 114 Å². The van der Waals surface area contributed by atoms with Gasteiger partial charge in [0.2, 0.25) is 11.8 Å². The molecule has 0 bridgehead atoms. The number of hydrogen-bond donors (Lipinski definition) is 9. The predicted octanol–water partition coefficient (Wildman–Crippen LogP) is 14.4. The van der Waals surface area contributed by atoms with Crippen molar-refractivity contribution in [3.8, 4) is 45.0 Å². The zero-order chi connectivity index (χ0) is 95.9. The first kappa shape index (κ1) is 98.4. The highest BCUT2D eigenvalue weighted by molar-refractivity contribution is 6.30. The molecule has 0 aliphatic carbocycles. The molecule has 8 heterocycles. The van der Waals surface area contributed by atoms with Gasteiger partial charge in [-0.2, -0.15) is 0 Å². The van der Waals surface area contributed by atoms with Crippen LogP contribution in [0.25, 0.3) is 45.0 Å². The van der Waals surface area contributed by atoms with E-state index in [1.54, 1.807) is 135 Å². The molecule has 8 aromatic carbocycles. The Morgan fingerprint density at radius 2 is 0.741 bits per heavy atom. The van der Waals surface area contributed by atoms with E-state index >= 15 is 8.78 Å². The number of piperidine rings is 2. The number of nitrogens with one attached hydrogen (secondary N) is 2. The van der Waals surface area contributed by atoms with Crippen LogP contribution in [-0.2, 0) is 25.6 Å². The van der Waals surface area contributed by atoms with Gasteiger partial charge in [-0.1, -0.05) is 139 Å². The molecule has 34 heteroatoms. The molecular formula is C101H107ClF4N18O11. The van der Waals surface area contributed by atoms with E-state index in [1.807, 2.05) is 66.7 Å². The number of carbonyl (C=O) groups excluding carboxylic acids is 6. The Labute approximate surface area is 783 Å². The molecule has 6 amide bonds. The van der Waals surface area contributed by atoms with Crippen LogP contribution >= 0.6 is 11.6 Å². The standard InChI is InChI=1S/C26H27ClFN5O3.C26H28FN5O3.C25H27FN4O3.C24H25FN4O2/c1-15(35)33-9-7-16(8-10-33)22-13-30-25(29)24(31-22)18-5-6-20(21(28)12-18)26(36)32-23(14-34)17-3-2-4-19(27)11-17;1-16(34)32-11-9-18(10-12-32)22-14-29-25(28)24(30-22)19-7-8-20(21(27)13-19)26(35)31-23(15-33)17-5-3-2-4-6-17;1-30(22(15-31)17-5-3-2-4-6-17)25(32)19-8-7-18(13-20(19)26)23-24(27)28-14-21(29-23)16-9-11-33-12-10-16;1-29(15-16-5-3-2-4-6-16)24(30)19-8-7-18(13-20(19)25)22-23(26)27-14-21(28-22)17-9-11-31-12-10-17/h2-6,11-13,16,23,34H,7-10,14H2,1H3,(H2,29,30)(H,32,36);2-8,13-14,18,23,33H,9-12,15H2,1H3,(H2,28,29)(H,31,35);2-8,13-14,16,22,31H,9-12,15H2,1H3,(H2,27,28);2-8,13-14,17H,9-12,15H2,1H3,(H2,26,27)/t2*23-;22-;/m111./s1. The fraction of sp³-hybridized carbons (Fsp3) is 0.307. The zero-order valence-corrected chi connectivity index (χ0v) is 75.8. The normalized spacial score (nSPS) is 14.9. The summed E-state index contributed by atoms with van der Waals surface area (Å²) >= 11 is 6.00. The summed E-state index contributed by atoms with van der Waals surface area (Å²) in [5, 5.41) is 35.0. The lowest BCUT2D eigenvalue weighted by Crippen LogP contribution is -2.36. The number of aliphatic hydroxyl groups excluding tert-OH is 3. The van der Waals surface area contributed by atoms with Crippen molar-refractivity contribution in [3.05, 3.63) is 308 Å². The van der Waals surface area contributed by atoms with Crippen molar-refractivity contribution in [2.75, 3.05) is 109 Å². The predicted molar refractivity (Wildman–Crippen MR) is 504 cm³/mol. The maximum absolute atomic E-state index is 15.1. The highest BCUT2D eigenvalue weighted by atomic mass is 35.5. The van der Waals surface area contributed by atoms with Crippen LogP contribution < -0.4 is 33.6 Å². The molecule has 0 radical (unpaired) electrons. The van der Waals surface area contributed by atoms with E-state index in [-0.39, 0.29) is 107 Å². The maximum Gasteiger partial charge on any atom is 0.257 e. The van der Waals surface area contributed by atoms with E-state index in [0.717, 1.165) is 90.8 Å². The number of rotatable bonds is 23. The molecule has 0 saturated carbocycles. The van der Waals surface area contributed by atoms with Crippen molar-refractivity contribution < 1.29 is 71.1 Å². The minimum Gasteiger partial charge on any atom is -0.394 e. The van der Waals surface area contributed by atoms with Gasteiger partial charge in [-0.25, -0.2) is 57.4 Å². The summed E-state index contributed by atoms with van der Waals surface area (Å²) in [6.07, 6.45) is 13.1. The van der Waals surface area contributed by atoms with Crippen LogP contribution in [0.2, 0.25) is 5.02 Å². The first-order valence-electron chi connectivity index (χ1n) is 44.4.